The zero-order valence-electron chi connectivity index (χ0n) is 9.38. The molecule has 0 aromatic carbocycles. The summed E-state index contributed by atoms with van der Waals surface area (Å²) in [7, 11) is 2.00. The van der Waals surface area contributed by atoms with Gasteiger partial charge in [-0.3, -0.25) is 0 Å². The van der Waals surface area contributed by atoms with E-state index >= 15 is 0 Å². The average Bonchev–Trinajstić information content (AvgIpc) is 2.85. The predicted molar refractivity (Wildman–Crippen MR) is 69.9 cm³/mol. The molecule has 2 aromatic rings. The molecule has 86 valence electrons. The Morgan fingerprint density at radius 1 is 1.56 bits per heavy atom. The van der Waals surface area contributed by atoms with Gasteiger partial charge in [-0.15, -0.1) is 11.3 Å². The van der Waals surface area contributed by atoms with Crippen molar-refractivity contribution >= 4 is 23.1 Å². The van der Waals surface area contributed by atoms with Crippen LogP contribution in [0.1, 0.15) is 15.0 Å². The van der Waals surface area contributed by atoms with Gasteiger partial charge in [0.2, 0.25) is 0 Å². The van der Waals surface area contributed by atoms with Crippen molar-refractivity contribution in [3.8, 4) is 0 Å². The van der Waals surface area contributed by atoms with E-state index in [4.69, 9.17) is 5.73 Å². The Balaban J connectivity index is 2.15. The van der Waals surface area contributed by atoms with Crippen LogP contribution in [-0.2, 0) is 7.05 Å². The van der Waals surface area contributed by atoms with Crippen molar-refractivity contribution in [2.75, 3.05) is 6.54 Å². The van der Waals surface area contributed by atoms with Crippen LogP contribution in [0.5, 0.6) is 0 Å². The van der Waals surface area contributed by atoms with E-state index in [1.165, 1.54) is 9.75 Å². The number of aryl methyl sites for hydroxylation is 2. The molecule has 2 N–H and O–H groups in total. The number of thioether (sulfide) groups is 1. The number of rotatable bonds is 4. The van der Waals surface area contributed by atoms with Crippen molar-refractivity contribution in [2.24, 2.45) is 12.8 Å². The van der Waals surface area contributed by atoms with Crippen LogP contribution >= 0.6 is 23.1 Å². The first kappa shape index (κ1) is 11.7. The van der Waals surface area contributed by atoms with E-state index in [2.05, 4.69) is 24.0 Å². The fourth-order valence-corrected chi connectivity index (χ4v) is 3.50. The molecule has 1 unspecified atom stereocenters. The Morgan fingerprint density at radius 3 is 2.88 bits per heavy atom. The summed E-state index contributed by atoms with van der Waals surface area (Å²) in [5, 5.41) is 1.32. The van der Waals surface area contributed by atoms with Crippen LogP contribution in [0, 0.1) is 6.92 Å². The molecule has 0 saturated carbocycles. The number of hydrogen-bond donors (Lipinski definition) is 1. The quantitative estimate of drug-likeness (QED) is 0.852. The van der Waals surface area contributed by atoms with E-state index in [-0.39, 0.29) is 0 Å². The highest BCUT2D eigenvalue weighted by atomic mass is 32.2. The second kappa shape index (κ2) is 5.03. The maximum absolute atomic E-state index is 5.83. The standard InChI is InChI=1S/C11H15N3S2/c1-8-3-4-9(15-8)10(7-12)16-11-13-5-6-14(11)2/h3-6,10H,7,12H2,1-2H3. The topological polar surface area (TPSA) is 43.8 Å². The molecular weight excluding hydrogens is 238 g/mol. The molecule has 0 bridgehead atoms. The van der Waals surface area contributed by atoms with Gasteiger partial charge in [0, 0.05) is 35.7 Å². The minimum absolute atomic E-state index is 0.305. The van der Waals surface area contributed by atoms with Crippen molar-refractivity contribution in [1.29, 1.82) is 0 Å². The molecule has 0 spiro atoms. The Bertz CT molecular complexity index is 461. The summed E-state index contributed by atoms with van der Waals surface area (Å²) >= 11 is 3.54. The van der Waals surface area contributed by atoms with Crippen LogP contribution in [-0.4, -0.2) is 16.1 Å². The molecule has 0 radical (unpaired) electrons. The number of thiophene rings is 1. The minimum Gasteiger partial charge on any atom is -0.329 e. The largest absolute Gasteiger partial charge is 0.329 e. The van der Waals surface area contributed by atoms with Crippen LogP contribution in [0.4, 0.5) is 0 Å². The number of hydrogen-bond acceptors (Lipinski definition) is 4. The van der Waals surface area contributed by atoms with Gasteiger partial charge in [0.1, 0.15) is 0 Å². The van der Waals surface area contributed by atoms with Gasteiger partial charge in [0.25, 0.3) is 0 Å². The second-order valence-corrected chi connectivity index (χ2v) is 6.10. The third-order valence-electron chi connectivity index (χ3n) is 2.32. The third-order valence-corrected chi connectivity index (χ3v) is 4.92. The molecule has 2 aromatic heterocycles. The Hall–Kier alpha value is -0.780. The van der Waals surface area contributed by atoms with Gasteiger partial charge < -0.3 is 10.3 Å². The predicted octanol–water partition coefficient (Wildman–Crippen LogP) is 2.58. The fourth-order valence-electron chi connectivity index (χ4n) is 1.44. The molecule has 0 aliphatic carbocycles. The summed E-state index contributed by atoms with van der Waals surface area (Å²) in [6, 6.07) is 4.30. The van der Waals surface area contributed by atoms with Gasteiger partial charge >= 0.3 is 0 Å². The highest BCUT2D eigenvalue weighted by Gasteiger charge is 2.15. The molecule has 0 amide bonds. The van der Waals surface area contributed by atoms with Crippen LogP contribution in [0.3, 0.4) is 0 Å². The van der Waals surface area contributed by atoms with Gasteiger partial charge in [-0.25, -0.2) is 4.98 Å². The van der Waals surface area contributed by atoms with E-state index in [0.29, 0.717) is 11.8 Å². The summed E-state index contributed by atoms with van der Waals surface area (Å²) in [6.45, 7) is 2.75. The zero-order valence-corrected chi connectivity index (χ0v) is 11.0. The zero-order chi connectivity index (χ0) is 11.5. The molecule has 0 aliphatic rings. The Kier molecular flexibility index (Phi) is 3.68. The summed E-state index contributed by atoms with van der Waals surface area (Å²) in [6.07, 6.45) is 3.77. The monoisotopic (exact) mass is 253 g/mol. The maximum atomic E-state index is 5.83. The van der Waals surface area contributed by atoms with Gasteiger partial charge in [-0.2, -0.15) is 0 Å². The fraction of sp³-hybridized carbons (Fsp3) is 0.364. The van der Waals surface area contributed by atoms with Crippen molar-refractivity contribution in [3.05, 3.63) is 34.3 Å². The number of aromatic nitrogens is 2. The Morgan fingerprint density at radius 2 is 2.38 bits per heavy atom. The maximum Gasteiger partial charge on any atom is 0.168 e. The Labute approximate surface area is 104 Å². The third kappa shape index (κ3) is 2.48. The molecule has 3 nitrogen and oxygen atoms in total. The summed E-state index contributed by atoms with van der Waals surface area (Å²) in [5.74, 6) is 0. The first-order valence-corrected chi connectivity index (χ1v) is 6.80. The van der Waals surface area contributed by atoms with E-state index in [9.17, 15) is 0 Å². The second-order valence-electron chi connectivity index (χ2n) is 3.61. The van der Waals surface area contributed by atoms with Gasteiger partial charge in [-0.1, -0.05) is 11.8 Å². The molecule has 2 rings (SSSR count). The lowest BCUT2D eigenvalue weighted by Crippen LogP contribution is -2.08. The minimum atomic E-state index is 0.305. The van der Waals surface area contributed by atoms with Gasteiger partial charge in [0.15, 0.2) is 5.16 Å². The highest BCUT2D eigenvalue weighted by molar-refractivity contribution is 7.99. The molecule has 0 saturated heterocycles. The van der Waals surface area contributed by atoms with Crippen molar-refractivity contribution in [2.45, 2.75) is 17.3 Å². The molecule has 1 atom stereocenters. The smallest absolute Gasteiger partial charge is 0.168 e. The lowest BCUT2D eigenvalue weighted by Gasteiger charge is -2.11. The lowest BCUT2D eigenvalue weighted by atomic mass is 10.3. The van der Waals surface area contributed by atoms with Crippen molar-refractivity contribution in [3.63, 3.8) is 0 Å². The van der Waals surface area contributed by atoms with E-state index in [1.54, 1.807) is 11.8 Å². The normalized spacial score (nSPS) is 12.9. The molecular formula is C11H15N3S2. The molecule has 0 aliphatic heterocycles. The lowest BCUT2D eigenvalue weighted by molar-refractivity contribution is 0.784. The molecule has 2 heterocycles. The number of imidazole rings is 1. The van der Waals surface area contributed by atoms with Crippen LogP contribution < -0.4 is 5.73 Å². The van der Waals surface area contributed by atoms with Crippen LogP contribution in [0.15, 0.2) is 29.7 Å². The van der Waals surface area contributed by atoms with Crippen LogP contribution in [0.2, 0.25) is 0 Å². The van der Waals surface area contributed by atoms with Crippen molar-refractivity contribution in [1.82, 2.24) is 9.55 Å². The first-order valence-electron chi connectivity index (χ1n) is 5.11. The molecule has 5 heteroatoms. The number of nitrogens with two attached hydrogens (primary N) is 1. The average molecular weight is 253 g/mol. The van der Waals surface area contributed by atoms with Crippen molar-refractivity contribution < 1.29 is 0 Å². The molecule has 0 fully saturated rings. The van der Waals surface area contributed by atoms with E-state index < -0.39 is 0 Å². The van der Waals surface area contributed by atoms with Crippen LogP contribution in [0.25, 0.3) is 0 Å². The van der Waals surface area contributed by atoms with Gasteiger partial charge in [-0.05, 0) is 19.1 Å². The number of nitrogens with zero attached hydrogens (tertiary/aromatic N) is 2. The van der Waals surface area contributed by atoms with E-state index in [0.717, 1.165) is 5.16 Å². The summed E-state index contributed by atoms with van der Waals surface area (Å²) in [5.41, 5.74) is 5.83. The van der Waals surface area contributed by atoms with Gasteiger partial charge in [0.05, 0.1) is 5.25 Å². The highest BCUT2D eigenvalue weighted by Crippen LogP contribution is 2.36. The molecule has 16 heavy (non-hydrogen) atoms. The SMILES string of the molecule is Cc1ccc(C(CN)Sc2nccn2C)s1. The summed E-state index contributed by atoms with van der Waals surface area (Å²) < 4.78 is 2.02. The van der Waals surface area contributed by atoms with E-state index in [1.807, 2.05) is 35.3 Å². The first-order chi connectivity index (χ1) is 7.70. The summed E-state index contributed by atoms with van der Waals surface area (Å²) in [4.78, 5) is 6.97.